The quantitative estimate of drug-likeness (QED) is 0.490. The molecule has 1 N–H and O–H groups in total. The number of pyridine rings is 1. The summed E-state index contributed by atoms with van der Waals surface area (Å²) in [6.07, 6.45) is 3.52. The molecule has 0 amide bonds. The summed E-state index contributed by atoms with van der Waals surface area (Å²) >= 11 is 3.45. The molecule has 0 saturated carbocycles. The van der Waals surface area contributed by atoms with Gasteiger partial charge in [0.2, 0.25) is 0 Å². The number of nitrogens with zero attached hydrogens (tertiary/aromatic N) is 2. The van der Waals surface area contributed by atoms with Crippen LogP contribution in [0.3, 0.4) is 0 Å². The first-order chi connectivity index (χ1) is 10.2. The van der Waals surface area contributed by atoms with E-state index in [9.17, 15) is 0 Å². The first-order valence-electron chi connectivity index (χ1n) is 6.82. The Morgan fingerprint density at radius 2 is 1.71 bits per heavy atom. The number of halogens is 1. The number of rotatable bonds is 6. The largest absolute Gasteiger partial charge is 0.389 e. The smallest absolute Gasteiger partial charge is 0.165 e. The zero-order valence-corrected chi connectivity index (χ0v) is 13.8. The van der Waals surface area contributed by atoms with Crippen LogP contribution in [-0.2, 0) is 4.84 Å². The molecule has 1 aromatic heterocycles. The Morgan fingerprint density at radius 3 is 2.33 bits per heavy atom. The van der Waals surface area contributed by atoms with Crippen LogP contribution >= 0.6 is 15.9 Å². The highest BCUT2D eigenvalue weighted by Crippen LogP contribution is 2.15. The molecule has 110 valence electrons. The van der Waals surface area contributed by atoms with Crippen LogP contribution in [0.15, 0.2) is 58.4 Å². The highest BCUT2D eigenvalue weighted by molar-refractivity contribution is 9.10. The molecule has 0 saturated heterocycles. The van der Waals surface area contributed by atoms with Crippen molar-refractivity contribution in [1.29, 1.82) is 0 Å². The Labute approximate surface area is 133 Å². The molecule has 2 rings (SSSR count). The van der Waals surface area contributed by atoms with E-state index in [1.54, 1.807) is 12.4 Å². The lowest BCUT2D eigenvalue weighted by atomic mass is 10.0. The maximum Gasteiger partial charge on any atom is 0.165 e. The molecule has 0 unspecified atom stereocenters. The van der Waals surface area contributed by atoms with E-state index in [0.717, 1.165) is 27.9 Å². The summed E-state index contributed by atoms with van der Waals surface area (Å²) in [6, 6.07) is 11.9. The summed E-state index contributed by atoms with van der Waals surface area (Å²) in [4.78, 5) is 10.9. The minimum atomic E-state index is 0.591. The molecule has 0 radical (unpaired) electrons. The lowest BCUT2D eigenvalue weighted by molar-refractivity contribution is -0.858. The van der Waals surface area contributed by atoms with Crippen molar-refractivity contribution in [2.45, 2.75) is 0 Å². The van der Waals surface area contributed by atoms with Crippen molar-refractivity contribution in [1.82, 2.24) is 4.98 Å². The van der Waals surface area contributed by atoms with Crippen LogP contribution in [-0.4, -0.2) is 37.9 Å². The summed E-state index contributed by atoms with van der Waals surface area (Å²) in [7, 11) is 4.18. The Bertz CT molecular complexity index is 582. The zero-order chi connectivity index (χ0) is 15.1. The number of aromatic nitrogens is 1. The second-order valence-electron chi connectivity index (χ2n) is 4.97. The Balaban J connectivity index is 2.22. The normalized spacial score (nSPS) is 11.7. The van der Waals surface area contributed by atoms with Crippen molar-refractivity contribution in [3.8, 4) is 0 Å². The predicted octanol–water partition coefficient (Wildman–Crippen LogP) is 1.76. The molecule has 0 spiro atoms. The SMILES string of the molecule is C[NH+](C)CCO/N=C(/c1ccncc1)c1ccc(Br)cc1. The second kappa shape index (κ2) is 7.90. The average Bonchev–Trinajstić information content (AvgIpc) is 2.49. The highest BCUT2D eigenvalue weighted by atomic mass is 79.9. The molecule has 0 bridgehead atoms. The molecule has 21 heavy (non-hydrogen) atoms. The van der Waals surface area contributed by atoms with Gasteiger partial charge in [0.05, 0.1) is 14.1 Å². The van der Waals surface area contributed by atoms with Crippen molar-refractivity contribution in [3.63, 3.8) is 0 Å². The number of hydrogen-bond acceptors (Lipinski definition) is 3. The molecule has 2 aromatic rings. The van der Waals surface area contributed by atoms with Crippen molar-refractivity contribution in [3.05, 3.63) is 64.4 Å². The van der Waals surface area contributed by atoms with Gasteiger partial charge >= 0.3 is 0 Å². The van der Waals surface area contributed by atoms with E-state index in [4.69, 9.17) is 4.84 Å². The molecule has 0 fully saturated rings. The lowest BCUT2D eigenvalue weighted by Gasteiger charge is -2.09. The topological polar surface area (TPSA) is 38.9 Å². The number of quaternary nitrogens is 1. The summed E-state index contributed by atoms with van der Waals surface area (Å²) in [5, 5.41) is 4.33. The summed E-state index contributed by atoms with van der Waals surface area (Å²) in [6.45, 7) is 1.50. The van der Waals surface area contributed by atoms with Gasteiger partial charge in [0.1, 0.15) is 12.3 Å². The van der Waals surface area contributed by atoms with E-state index in [1.165, 1.54) is 4.90 Å². The Kier molecular flexibility index (Phi) is 5.90. The Morgan fingerprint density at radius 1 is 1.10 bits per heavy atom. The van der Waals surface area contributed by atoms with Crippen LogP contribution in [0.2, 0.25) is 0 Å². The fourth-order valence-electron chi connectivity index (χ4n) is 1.75. The van der Waals surface area contributed by atoms with Gasteiger partial charge in [0, 0.05) is 28.0 Å². The van der Waals surface area contributed by atoms with Crippen molar-refractivity contribution >= 4 is 21.6 Å². The fraction of sp³-hybridized carbons (Fsp3) is 0.250. The van der Waals surface area contributed by atoms with Crippen LogP contribution in [0.5, 0.6) is 0 Å². The van der Waals surface area contributed by atoms with Gasteiger partial charge in [0.25, 0.3) is 0 Å². The minimum absolute atomic E-state index is 0.591. The molecular weight excluding hydrogens is 330 g/mol. The molecule has 1 heterocycles. The molecular formula is C16H19BrN3O+. The van der Waals surface area contributed by atoms with Gasteiger partial charge in [-0.25, -0.2) is 0 Å². The minimum Gasteiger partial charge on any atom is -0.389 e. The first kappa shape index (κ1) is 15.7. The highest BCUT2D eigenvalue weighted by Gasteiger charge is 2.08. The van der Waals surface area contributed by atoms with Crippen molar-refractivity contribution in [2.75, 3.05) is 27.2 Å². The zero-order valence-electron chi connectivity index (χ0n) is 12.2. The van der Waals surface area contributed by atoms with E-state index >= 15 is 0 Å². The van der Waals surface area contributed by atoms with Gasteiger partial charge < -0.3 is 9.74 Å². The number of likely N-dealkylation sites (N-methyl/N-ethyl adjacent to an activating group) is 1. The summed E-state index contributed by atoms with van der Waals surface area (Å²) in [5.41, 5.74) is 2.82. The third-order valence-electron chi connectivity index (χ3n) is 2.92. The second-order valence-corrected chi connectivity index (χ2v) is 5.89. The summed E-state index contributed by atoms with van der Waals surface area (Å²) < 4.78 is 1.04. The first-order valence-corrected chi connectivity index (χ1v) is 7.61. The number of hydrogen-bond donors (Lipinski definition) is 1. The van der Waals surface area contributed by atoms with E-state index < -0.39 is 0 Å². The molecule has 0 aliphatic heterocycles. The lowest BCUT2D eigenvalue weighted by Crippen LogP contribution is -3.06. The average molecular weight is 349 g/mol. The van der Waals surface area contributed by atoms with Gasteiger partial charge in [-0.2, -0.15) is 0 Å². The molecule has 5 heteroatoms. The fourth-order valence-corrected chi connectivity index (χ4v) is 2.01. The Hall–Kier alpha value is -1.72. The van der Waals surface area contributed by atoms with Gasteiger partial charge in [-0.1, -0.05) is 33.2 Å². The number of oxime groups is 1. The standard InChI is InChI=1S/C16H18BrN3O/c1-20(2)11-12-21-19-16(14-7-9-18-10-8-14)13-3-5-15(17)6-4-13/h3-10H,11-12H2,1-2H3/p+1/b19-16+. The van der Waals surface area contributed by atoms with Gasteiger partial charge in [-0.15, -0.1) is 0 Å². The molecule has 1 aromatic carbocycles. The maximum atomic E-state index is 5.48. The third kappa shape index (κ3) is 4.95. The molecule has 0 aliphatic rings. The number of benzene rings is 1. The predicted molar refractivity (Wildman–Crippen MR) is 87.6 cm³/mol. The van der Waals surface area contributed by atoms with Gasteiger partial charge in [-0.05, 0) is 24.3 Å². The third-order valence-corrected chi connectivity index (χ3v) is 3.45. The van der Waals surface area contributed by atoms with Crippen molar-refractivity contribution in [2.24, 2.45) is 5.16 Å². The maximum absolute atomic E-state index is 5.48. The monoisotopic (exact) mass is 348 g/mol. The van der Waals surface area contributed by atoms with Crippen LogP contribution in [0.25, 0.3) is 0 Å². The molecule has 0 atom stereocenters. The molecule has 4 nitrogen and oxygen atoms in total. The van der Waals surface area contributed by atoms with Crippen LogP contribution in [0.4, 0.5) is 0 Å². The van der Waals surface area contributed by atoms with E-state index in [2.05, 4.69) is 40.2 Å². The van der Waals surface area contributed by atoms with E-state index in [-0.39, 0.29) is 0 Å². The van der Waals surface area contributed by atoms with Crippen LogP contribution in [0.1, 0.15) is 11.1 Å². The van der Waals surface area contributed by atoms with Gasteiger partial charge in [0.15, 0.2) is 6.61 Å². The number of nitrogens with one attached hydrogen (secondary N) is 1. The summed E-state index contributed by atoms with van der Waals surface area (Å²) in [5.74, 6) is 0. The van der Waals surface area contributed by atoms with E-state index in [1.807, 2.05) is 36.4 Å². The van der Waals surface area contributed by atoms with Crippen molar-refractivity contribution < 1.29 is 9.74 Å². The van der Waals surface area contributed by atoms with Crippen LogP contribution < -0.4 is 4.90 Å². The molecule has 0 aliphatic carbocycles. The van der Waals surface area contributed by atoms with Gasteiger partial charge in [-0.3, -0.25) is 4.98 Å². The van der Waals surface area contributed by atoms with Crippen LogP contribution in [0, 0.1) is 0 Å². The van der Waals surface area contributed by atoms with E-state index in [0.29, 0.717) is 6.61 Å².